The van der Waals surface area contributed by atoms with E-state index < -0.39 is 86.8 Å². The number of unbranched alkanes of at least 4 members (excludes halogenated alkanes) is 17. The van der Waals surface area contributed by atoms with Gasteiger partial charge in [0.1, 0.15) is 48.8 Å². The van der Waals surface area contributed by atoms with Gasteiger partial charge in [-0.25, -0.2) is 0 Å². The molecule has 2 saturated heterocycles. The van der Waals surface area contributed by atoms with Crippen molar-refractivity contribution < 1.29 is 64.6 Å². The minimum atomic E-state index is -1.80. The smallest absolute Gasteiger partial charge is 0.220 e. The highest BCUT2D eigenvalue weighted by Crippen LogP contribution is 2.30. The predicted molar refractivity (Wildman–Crippen MR) is 299 cm³/mol. The van der Waals surface area contributed by atoms with Crippen molar-refractivity contribution in [2.24, 2.45) is 0 Å². The van der Waals surface area contributed by atoms with Gasteiger partial charge in [0, 0.05) is 6.42 Å². The molecule has 0 saturated carbocycles. The SMILES string of the molecule is CC/C=C\C/C=C\C/C=C\C/C=C\C/C=C\CCCCCCCCCC(=O)NC(COC1OC(CO)C(OC2OC(CO)C(O)C(O)C2O)C(O)C1O)C(O)/C=C/CC/C=C/CC/C=C/CCCCCCCCCC. The highest BCUT2D eigenvalue weighted by molar-refractivity contribution is 5.76. The summed E-state index contributed by atoms with van der Waals surface area (Å²) in [5, 5.41) is 87.0. The zero-order chi connectivity index (χ0) is 54.6. The third kappa shape index (κ3) is 31.8. The number of aliphatic hydroxyl groups excluding tert-OH is 8. The predicted octanol–water partition coefficient (Wildman–Crippen LogP) is 9.49. The maximum absolute atomic E-state index is 13.2. The molecule has 14 heteroatoms. The van der Waals surface area contributed by atoms with Crippen LogP contribution in [0.5, 0.6) is 0 Å². The molecule has 0 spiro atoms. The van der Waals surface area contributed by atoms with E-state index in [0.717, 1.165) is 103 Å². The van der Waals surface area contributed by atoms with E-state index in [1.807, 2.05) is 6.08 Å². The Morgan fingerprint density at radius 3 is 1.47 bits per heavy atom. The average molecular weight is 1060 g/mol. The molecule has 2 rings (SSSR count). The van der Waals surface area contributed by atoms with Crippen LogP contribution < -0.4 is 5.32 Å². The third-order valence-corrected chi connectivity index (χ3v) is 13.5. The minimum Gasteiger partial charge on any atom is -0.394 e. The number of nitrogens with one attached hydrogen (secondary N) is 1. The molecule has 2 heterocycles. The molecule has 14 nitrogen and oxygen atoms in total. The summed E-state index contributed by atoms with van der Waals surface area (Å²) in [5.74, 6) is -0.269. The Morgan fingerprint density at radius 1 is 0.493 bits per heavy atom. The minimum absolute atomic E-state index is 0.251. The molecular weight excluding hydrogens is 955 g/mol. The normalized spacial score (nSPS) is 25.8. The molecule has 2 aliphatic heterocycles. The summed E-state index contributed by atoms with van der Waals surface area (Å²) in [4.78, 5) is 13.2. The molecule has 430 valence electrons. The van der Waals surface area contributed by atoms with E-state index in [2.05, 4.69) is 104 Å². The van der Waals surface area contributed by atoms with Crippen molar-refractivity contribution in [3.8, 4) is 0 Å². The first kappa shape index (κ1) is 68.0. The van der Waals surface area contributed by atoms with E-state index in [9.17, 15) is 45.6 Å². The first-order chi connectivity index (χ1) is 36.6. The van der Waals surface area contributed by atoms with Gasteiger partial charge in [0.05, 0.1) is 32.0 Å². The fourth-order valence-corrected chi connectivity index (χ4v) is 8.82. The van der Waals surface area contributed by atoms with E-state index in [4.69, 9.17) is 18.9 Å². The van der Waals surface area contributed by atoms with Crippen molar-refractivity contribution in [3.05, 3.63) is 97.2 Å². The second kappa shape index (κ2) is 45.9. The maximum Gasteiger partial charge on any atom is 0.220 e. The fourth-order valence-electron chi connectivity index (χ4n) is 8.82. The van der Waals surface area contributed by atoms with Crippen LogP contribution in [0.1, 0.15) is 187 Å². The van der Waals surface area contributed by atoms with Crippen molar-refractivity contribution in [3.63, 3.8) is 0 Å². The summed E-state index contributed by atoms with van der Waals surface area (Å²) in [6.45, 7) is 2.63. The highest BCUT2D eigenvalue weighted by atomic mass is 16.7. The monoisotopic (exact) mass is 1060 g/mol. The number of carbonyl (C=O) groups is 1. The van der Waals surface area contributed by atoms with Gasteiger partial charge in [-0.15, -0.1) is 0 Å². The Balaban J connectivity index is 1.81. The lowest BCUT2D eigenvalue weighted by atomic mass is 9.97. The molecule has 12 unspecified atom stereocenters. The van der Waals surface area contributed by atoms with E-state index in [1.165, 1.54) is 51.4 Å². The quantitative estimate of drug-likeness (QED) is 0.0205. The summed E-state index contributed by atoms with van der Waals surface area (Å²) < 4.78 is 22.7. The number of hydrogen-bond donors (Lipinski definition) is 9. The molecule has 0 aromatic heterocycles. The van der Waals surface area contributed by atoms with Crippen molar-refractivity contribution in [2.75, 3.05) is 19.8 Å². The zero-order valence-corrected chi connectivity index (χ0v) is 46.0. The topological polar surface area (TPSA) is 228 Å². The Morgan fingerprint density at radius 2 is 0.933 bits per heavy atom. The standard InChI is InChI=1S/C61H103NO13/c1-3-5-7-9-11-13-15-17-19-21-23-24-25-26-27-29-31-33-35-37-39-41-43-45-53(66)62-49(50(65)44-42-40-38-36-34-32-30-28-22-20-18-16-14-12-10-8-6-4-2)48-72-60-58(71)56(69)59(52(47-64)74-60)75-61-57(70)55(68)54(67)51(46-63)73-61/h5,7,11,13,17,19,22-24,26-28,34,36,42,44,49-52,54-61,63-65,67-71H,3-4,6,8-10,12,14-16,18,20-21,25,29-33,35,37-41,43,45-48H2,1-2H3,(H,62,66)/b7-5-,13-11-,19-17-,24-23-,27-26-,28-22+,36-34+,44-42+. The molecule has 0 aromatic rings. The van der Waals surface area contributed by atoms with Crippen LogP contribution in [0.4, 0.5) is 0 Å². The Kier molecular flexibility index (Phi) is 41.6. The summed E-state index contributed by atoms with van der Waals surface area (Å²) in [5.41, 5.74) is 0. The zero-order valence-electron chi connectivity index (χ0n) is 46.0. The Bertz CT molecular complexity index is 1620. The molecule has 12 atom stereocenters. The van der Waals surface area contributed by atoms with Gasteiger partial charge in [-0.2, -0.15) is 0 Å². The molecule has 1 amide bonds. The van der Waals surface area contributed by atoms with Crippen molar-refractivity contribution in [2.45, 2.75) is 261 Å². The van der Waals surface area contributed by atoms with Gasteiger partial charge in [0.25, 0.3) is 0 Å². The molecule has 9 N–H and O–H groups in total. The van der Waals surface area contributed by atoms with Crippen LogP contribution in [-0.4, -0.2) is 140 Å². The summed E-state index contributed by atoms with van der Waals surface area (Å²) in [6, 6.07) is -0.951. The molecule has 0 radical (unpaired) electrons. The van der Waals surface area contributed by atoms with Crippen molar-refractivity contribution in [1.29, 1.82) is 0 Å². The lowest BCUT2D eigenvalue weighted by Gasteiger charge is -2.46. The van der Waals surface area contributed by atoms with E-state index in [-0.39, 0.29) is 18.9 Å². The fraction of sp³-hybridized carbons (Fsp3) is 0.721. The van der Waals surface area contributed by atoms with Gasteiger partial charge in [-0.1, -0.05) is 188 Å². The number of ether oxygens (including phenoxy) is 4. The van der Waals surface area contributed by atoms with Crippen LogP contribution >= 0.6 is 0 Å². The highest BCUT2D eigenvalue weighted by Gasteiger charge is 2.51. The van der Waals surface area contributed by atoms with Crippen molar-refractivity contribution >= 4 is 5.91 Å². The number of allylic oxidation sites excluding steroid dienone is 15. The first-order valence-corrected chi connectivity index (χ1v) is 29.0. The molecule has 2 aliphatic rings. The molecule has 0 aromatic carbocycles. The number of hydrogen-bond acceptors (Lipinski definition) is 13. The summed E-state index contributed by atoms with van der Waals surface area (Å²) in [7, 11) is 0. The van der Waals surface area contributed by atoms with Crippen LogP contribution in [0.2, 0.25) is 0 Å². The van der Waals surface area contributed by atoms with Gasteiger partial charge >= 0.3 is 0 Å². The van der Waals surface area contributed by atoms with Gasteiger partial charge in [-0.05, 0) is 89.9 Å². The summed E-state index contributed by atoms with van der Waals surface area (Å²) >= 11 is 0. The van der Waals surface area contributed by atoms with E-state index >= 15 is 0 Å². The molecule has 0 aliphatic carbocycles. The lowest BCUT2D eigenvalue weighted by molar-refractivity contribution is -0.359. The second-order valence-corrected chi connectivity index (χ2v) is 20.0. The van der Waals surface area contributed by atoms with E-state index in [1.54, 1.807) is 6.08 Å². The van der Waals surface area contributed by atoms with E-state index in [0.29, 0.717) is 12.8 Å². The van der Waals surface area contributed by atoms with Crippen LogP contribution in [0.25, 0.3) is 0 Å². The third-order valence-electron chi connectivity index (χ3n) is 13.5. The Labute approximate surface area is 452 Å². The van der Waals surface area contributed by atoms with Gasteiger partial charge < -0.3 is 65.1 Å². The van der Waals surface area contributed by atoms with Crippen LogP contribution in [0, 0.1) is 0 Å². The second-order valence-electron chi connectivity index (χ2n) is 20.0. The van der Waals surface area contributed by atoms with Crippen molar-refractivity contribution in [1.82, 2.24) is 5.32 Å². The molecule has 2 fully saturated rings. The van der Waals surface area contributed by atoms with Crippen LogP contribution in [0.3, 0.4) is 0 Å². The maximum atomic E-state index is 13.2. The number of carbonyl (C=O) groups excluding carboxylic acids is 1. The largest absolute Gasteiger partial charge is 0.394 e. The molecule has 75 heavy (non-hydrogen) atoms. The number of amides is 1. The summed E-state index contributed by atoms with van der Waals surface area (Å²) in [6.07, 6.45) is 45.8. The number of aliphatic hydroxyl groups is 8. The van der Waals surface area contributed by atoms with Crippen LogP contribution in [0.15, 0.2) is 97.2 Å². The Hall–Kier alpha value is -3.09. The average Bonchev–Trinajstić information content (AvgIpc) is 3.41. The number of rotatable bonds is 44. The lowest BCUT2D eigenvalue weighted by Crippen LogP contribution is -2.65. The first-order valence-electron chi connectivity index (χ1n) is 29.0. The van der Waals surface area contributed by atoms with Gasteiger partial charge in [-0.3, -0.25) is 4.79 Å². The van der Waals surface area contributed by atoms with Crippen LogP contribution in [-0.2, 0) is 23.7 Å². The van der Waals surface area contributed by atoms with Gasteiger partial charge in [0.2, 0.25) is 5.91 Å². The molecule has 0 bridgehead atoms. The molecular formula is C61H103NO13. The van der Waals surface area contributed by atoms with Gasteiger partial charge in [0.15, 0.2) is 12.6 Å².